The van der Waals surface area contributed by atoms with Crippen molar-refractivity contribution in [2.24, 2.45) is 11.8 Å². The summed E-state index contributed by atoms with van der Waals surface area (Å²) < 4.78 is 0. The van der Waals surface area contributed by atoms with E-state index in [0.29, 0.717) is 11.5 Å². The van der Waals surface area contributed by atoms with Gasteiger partial charge in [0.2, 0.25) is 5.91 Å². The van der Waals surface area contributed by atoms with Gasteiger partial charge in [-0.3, -0.25) is 14.9 Å². The van der Waals surface area contributed by atoms with Crippen molar-refractivity contribution in [1.82, 2.24) is 5.32 Å². The third kappa shape index (κ3) is 1.12. The van der Waals surface area contributed by atoms with Gasteiger partial charge in [0.15, 0.2) is 0 Å². The minimum Gasteiger partial charge on any atom is -0.292 e. The molecule has 0 aromatic rings. The molecule has 1 fully saturated rings. The SMILES string of the molecule is O=C1NC(=O)C2CCC3C=CC=CC3=C12. The maximum Gasteiger partial charge on any atom is 0.254 e. The molecule has 0 aromatic heterocycles. The van der Waals surface area contributed by atoms with Gasteiger partial charge in [0.1, 0.15) is 0 Å². The zero-order chi connectivity index (χ0) is 10.4. The van der Waals surface area contributed by atoms with E-state index in [1.54, 1.807) is 0 Å². The second kappa shape index (κ2) is 2.92. The van der Waals surface area contributed by atoms with E-state index in [0.717, 1.165) is 18.4 Å². The molecule has 2 aliphatic carbocycles. The molecule has 76 valence electrons. The molecule has 2 unspecified atom stereocenters. The van der Waals surface area contributed by atoms with Gasteiger partial charge >= 0.3 is 0 Å². The first-order valence-corrected chi connectivity index (χ1v) is 5.21. The van der Waals surface area contributed by atoms with E-state index in [1.165, 1.54) is 0 Å². The molecular weight excluding hydrogens is 190 g/mol. The Balaban J connectivity index is 2.15. The maximum atomic E-state index is 11.6. The van der Waals surface area contributed by atoms with Gasteiger partial charge in [-0.15, -0.1) is 0 Å². The highest BCUT2D eigenvalue weighted by Gasteiger charge is 2.41. The van der Waals surface area contributed by atoms with Crippen molar-refractivity contribution in [1.29, 1.82) is 0 Å². The Bertz CT molecular complexity index is 443. The molecule has 1 aliphatic heterocycles. The molecule has 1 N–H and O–H groups in total. The Hall–Kier alpha value is -1.64. The first-order chi connectivity index (χ1) is 7.27. The number of amides is 2. The van der Waals surface area contributed by atoms with E-state index in [2.05, 4.69) is 11.4 Å². The number of imide groups is 1. The van der Waals surface area contributed by atoms with E-state index in [9.17, 15) is 9.59 Å². The van der Waals surface area contributed by atoms with E-state index in [-0.39, 0.29) is 17.7 Å². The largest absolute Gasteiger partial charge is 0.292 e. The number of hydrogen-bond acceptors (Lipinski definition) is 2. The van der Waals surface area contributed by atoms with Crippen LogP contribution in [0.3, 0.4) is 0 Å². The van der Waals surface area contributed by atoms with Crippen molar-refractivity contribution in [2.75, 3.05) is 0 Å². The first kappa shape index (κ1) is 8.65. The summed E-state index contributed by atoms with van der Waals surface area (Å²) in [7, 11) is 0. The van der Waals surface area contributed by atoms with Crippen LogP contribution in [0.2, 0.25) is 0 Å². The van der Waals surface area contributed by atoms with Crippen LogP contribution >= 0.6 is 0 Å². The Labute approximate surface area is 87.5 Å². The fraction of sp³-hybridized carbons (Fsp3) is 0.333. The van der Waals surface area contributed by atoms with Crippen LogP contribution in [0.5, 0.6) is 0 Å². The molecule has 2 atom stereocenters. The zero-order valence-electron chi connectivity index (χ0n) is 8.19. The molecule has 0 spiro atoms. The molecular formula is C12H11NO2. The minimum absolute atomic E-state index is 0.121. The topological polar surface area (TPSA) is 46.2 Å². The van der Waals surface area contributed by atoms with Crippen molar-refractivity contribution in [3.8, 4) is 0 Å². The van der Waals surface area contributed by atoms with E-state index >= 15 is 0 Å². The molecule has 2 amide bonds. The smallest absolute Gasteiger partial charge is 0.254 e. The fourth-order valence-corrected chi connectivity index (χ4v) is 2.64. The van der Waals surface area contributed by atoms with Gasteiger partial charge in [-0.25, -0.2) is 0 Å². The highest BCUT2D eigenvalue weighted by Crippen LogP contribution is 2.39. The van der Waals surface area contributed by atoms with Crippen LogP contribution in [0.15, 0.2) is 35.5 Å². The van der Waals surface area contributed by atoms with Gasteiger partial charge in [-0.1, -0.05) is 24.3 Å². The number of nitrogens with one attached hydrogen (secondary N) is 1. The van der Waals surface area contributed by atoms with E-state index in [1.807, 2.05) is 18.2 Å². The van der Waals surface area contributed by atoms with Crippen molar-refractivity contribution >= 4 is 11.8 Å². The van der Waals surface area contributed by atoms with Gasteiger partial charge in [0, 0.05) is 11.5 Å². The van der Waals surface area contributed by atoms with E-state index < -0.39 is 0 Å². The number of carbonyl (C=O) groups excluding carboxylic acids is 2. The highest BCUT2D eigenvalue weighted by molar-refractivity contribution is 6.15. The second-order valence-electron chi connectivity index (χ2n) is 4.17. The molecule has 0 aromatic carbocycles. The molecule has 15 heavy (non-hydrogen) atoms. The van der Waals surface area contributed by atoms with Crippen LogP contribution in [0.1, 0.15) is 12.8 Å². The first-order valence-electron chi connectivity index (χ1n) is 5.21. The summed E-state index contributed by atoms with van der Waals surface area (Å²) >= 11 is 0. The van der Waals surface area contributed by atoms with E-state index in [4.69, 9.17) is 0 Å². The summed E-state index contributed by atoms with van der Waals surface area (Å²) in [4.78, 5) is 23.1. The standard InChI is InChI=1S/C12H11NO2/c14-11-9-6-5-7-3-1-2-4-8(7)10(9)12(15)13-11/h1-4,7,9H,5-6H2,(H,13,14,15). The number of carbonyl (C=O) groups is 2. The lowest BCUT2D eigenvalue weighted by Crippen LogP contribution is -2.22. The van der Waals surface area contributed by atoms with Gasteiger partial charge < -0.3 is 0 Å². The zero-order valence-corrected chi connectivity index (χ0v) is 8.19. The van der Waals surface area contributed by atoms with Crippen LogP contribution in [0, 0.1) is 11.8 Å². The van der Waals surface area contributed by atoms with Gasteiger partial charge in [-0.2, -0.15) is 0 Å². The van der Waals surface area contributed by atoms with Crippen LogP contribution < -0.4 is 5.32 Å². The third-order valence-corrected chi connectivity index (χ3v) is 3.35. The molecule has 3 rings (SSSR count). The molecule has 0 radical (unpaired) electrons. The quantitative estimate of drug-likeness (QED) is 0.596. The van der Waals surface area contributed by atoms with Gasteiger partial charge in [0.05, 0.1) is 5.92 Å². The predicted molar refractivity (Wildman–Crippen MR) is 54.7 cm³/mol. The summed E-state index contributed by atoms with van der Waals surface area (Å²) in [6, 6.07) is 0. The molecule has 1 heterocycles. The molecule has 0 bridgehead atoms. The molecule has 3 aliphatic rings. The predicted octanol–water partition coefficient (Wildman–Crippen LogP) is 1.09. The summed E-state index contributed by atoms with van der Waals surface area (Å²) in [6.45, 7) is 0. The number of allylic oxidation sites excluding steroid dienone is 5. The summed E-state index contributed by atoms with van der Waals surface area (Å²) in [5, 5.41) is 2.40. The Morgan fingerprint density at radius 3 is 2.93 bits per heavy atom. The lowest BCUT2D eigenvalue weighted by Gasteiger charge is -2.26. The Morgan fingerprint density at radius 2 is 2.07 bits per heavy atom. The summed E-state index contributed by atoms with van der Waals surface area (Å²) in [6.07, 6.45) is 9.75. The second-order valence-corrected chi connectivity index (χ2v) is 4.17. The molecule has 3 nitrogen and oxygen atoms in total. The monoisotopic (exact) mass is 201 g/mol. The van der Waals surface area contributed by atoms with Gasteiger partial charge in [0.25, 0.3) is 5.91 Å². The van der Waals surface area contributed by atoms with Crippen molar-refractivity contribution in [3.63, 3.8) is 0 Å². The van der Waals surface area contributed by atoms with Crippen molar-refractivity contribution < 1.29 is 9.59 Å². The number of fused-ring (bicyclic) bond motifs is 2. The molecule has 1 saturated heterocycles. The fourth-order valence-electron chi connectivity index (χ4n) is 2.64. The Morgan fingerprint density at radius 1 is 1.20 bits per heavy atom. The number of hydrogen-bond donors (Lipinski definition) is 1. The highest BCUT2D eigenvalue weighted by atomic mass is 16.2. The van der Waals surface area contributed by atoms with Gasteiger partial charge in [-0.05, 0) is 18.4 Å². The molecule has 3 heteroatoms. The average Bonchev–Trinajstić information content (AvgIpc) is 2.55. The summed E-state index contributed by atoms with van der Waals surface area (Å²) in [5.41, 5.74) is 1.74. The Kier molecular flexibility index (Phi) is 1.69. The normalized spacial score (nSPS) is 32.8. The van der Waals surface area contributed by atoms with Crippen LogP contribution in [-0.2, 0) is 9.59 Å². The lowest BCUT2D eigenvalue weighted by atomic mass is 9.76. The average molecular weight is 201 g/mol. The lowest BCUT2D eigenvalue weighted by molar-refractivity contribution is -0.125. The third-order valence-electron chi connectivity index (χ3n) is 3.35. The summed E-state index contributed by atoms with van der Waals surface area (Å²) in [5.74, 6) is -0.175. The van der Waals surface area contributed by atoms with Crippen molar-refractivity contribution in [2.45, 2.75) is 12.8 Å². The van der Waals surface area contributed by atoms with Crippen molar-refractivity contribution in [3.05, 3.63) is 35.5 Å². The van der Waals surface area contributed by atoms with Crippen LogP contribution in [-0.4, -0.2) is 11.8 Å². The van der Waals surface area contributed by atoms with Crippen LogP contribution in [0.4, 0.5) is 0 Å². The molecule has 0 saturated carbocycles. The maximum absolute atomic E-state index is 11.6. The van der Waals surface area contributed by atoms with Crippen LogP contribution in [0.25, 0.3) is 0 Å². The number of rotatable bonds is 0. The minimum atomic E-state index is -0.195.